The molecule has 0 spiro atoms. The second kappa shape index (κ2) is 17.2. The zero-order valence-corrected chi connectivity index (χ0v) is 42.3. The smallest absolute Gasteiger partial charge is 0.0541 e. The fourth-order valence-electron chi connectivity index (χ4n) is 12.6. The van der Waals surface area contributed by atoms with E-state index in [1.54, 1.807) is 0 Å². The summed E-state index contributed by atoms with van der Waals surface area (Å²) in [7, 11) is 0. The van der Waals surface area contributed by atoms with Crippen LogP contribution in [0.2, 0.25) is 0 Å². The molecule has 0 saturated heterocycles. The van der Waals surface area contributed by atoms with E-state index in [1.807, 2.05) is 0 Å². The molecule has 15 rings (SSSR count). The minimum atomic E-state index is -0.247. The molecule has 12 aromatic carbocycles. The average Bonchev–Trinajstić information content (AvgIpc) is 4.08. The van der Waals surface area contributed by atoms with Crippen molar-refractivity contribution >= 4 is 71.4 Å². The van der Waals surface area contributed by atoms with Crippen molar-refractivity contribution in [3.05, 3.63) is 284 Å². The average molecular weight is 970 g/mol. The van der Waals surface area contributed by atoms with Gasteiger partial charge in [-0.15, -0.1) is 0 Å². The number of benzene rings is 12. The lowest BCUT2D eigenvalue weighted by Crippen LogP contribution is -2.16. The van der Waals surface area contributed by atoms with Gasteiger partial charge in [-0.05, 0) is 163 Å². The van der Waals surface area contributed by atoms with Crippen molar-refractivity contribution in [1.82, 2.24) is 9.13 Å². The monoisotopic (exact) mass is 969 g/mol. The van der Waals surface area contributed by atoms with E-state index in [-0.39, 0.29) is 5.41 Å². The molecule has 0 unspecified atom stereocenters. The largest absolute Gasteiger partial charge is 0.310 e. The maximum atomic E-state index is 2.45. The predicted octanol–water partition coefficient (Wildman–Crippen LogP) is 19.8. The maximum Gasteiger partial charge on any atom is 0.0541 e. The van der Waals surface area contributed by atoms with Crippen molar-refractivity contribution in [2.75, 3.05) is 4.90 Å². The van der Waals surface area contributed by atoms with Gasteiger partial charge in [0.05, 0.1) is 22.1 Å². The molecule has 0 fully saturated rings. The first-order chi connectivity index (χ1) is 37.4. The molecular weight excluding hydrogens is 919 g/mol. The third kappa shape index (κ3) is 6.90. The number of aromatic nitrogens is 2. The molecule has 0 amide bonds. The van der Waals surface area contributed by atoms with E-state index in [4.69, 9.17) is 0 Å². The van der Waals surface area contributed by atoms with Gasteiger partial charge in [0.25, 0.3) is 0 Å². The zero-order valence-electron chi connectivity index (χ0n) is 42.3. The van der Waals surface area contributed by atoms with Crippen molar-refractivity contribution in [1.29, 1.82) is 0 Å². The highest BCUT2D eigenvalue weighted by Crippen LogP contribution is 2.52. The number of anilines is 3. The number of para-hydroxylation sites is 4. The molecule has 0 bridgehead atoms. The highest BCUT2D eigenvalue weighted by Gasteiger charge is 2.36. The Kier molecular flexibility index (Phi) is 9.92. The molecule has 3 heteroatoms. The molecule has 1 aliphatic rings. The molecule has 0 saturated carbocycles. The van der Waals surface area contributed by atoms with Gasteiger partial charge < -0.3 is 14.0 Å². The molecule has 2 aromatic heterocycles. The molecule has 0 N–H and O–H groups in total. The summed E-state index contributed by atoms with van der Waals surface area (Å²) in [4.78, 5) is 2.42. The Labute approximate surface area is 442 Å². The fourth-order valence-corrected chi connectivity index (χ4v) is 12.6. The first kappa shape index (κ1) is 43.8. The highest BCUT2D eigenvalue weighted by atomic mass is 15.1. The second-order valence-corrected chi connectivity index (χ2v) is 20.9. The lowest BCUT2D eigenvalue weighted by Gasteiger charge is -2.28. The summed E-state index contributed by atoms with van der Waals surface area (Å²) in [5.74, 6) is 0. The highest BCUT2D eigenvalue weighted by molar-refractivity contribution is 6.11. The van der Waals surface area contributed by atoms with Crippen molar-refractivity contribution in [2.45, 2.75) is 19.3 Å². The molecule has 1 aliphatic carbocycles. The molecular formula is C73H51N3. The normalized spacial score (nSPS) is 12.7. The van der Waals surface area contributed by atoms with Crippen LogP contribution in [-0.2, 0) is 5.41 Å². The third-order valence-electron chi connectivity index (χ3n) is 16.3. The molecule has 14 aromatic rings. The minimum Gasteiger partial charge on any atom is -0.310 e. The molecule has 76 heavy (non-hydrogen) atoms. The Balaban J connectivity index is 0.795. The molecule has 0 radical (unpaired) electrons. The Morgan fingerprint density at radius 1 is 0.276 bits per heavy atom. The number of nitrogens with zero attached hydrogens (tertiary/aromatic N) is 3. The molecule has 0 atom stereocenters. The van der Waals surface area contributed by atoms with E-state index in [2.05, 4.69) is 301 Å². The summed E-state index contributed by atoms with van der Waals surface area (Å²) in [5, 5.41) is 7.56. The SMILES string of the molecule is CC1(C)c2cc(-c3ccc4c(c3)c3ccccc3n4-c3ccccc3)ccc2-c2ccc(N(c3ccc(-c4ccc(-n5c6ccccc6c6ccccc65)cc4)cc3)c3ccc(-c4cccc5ccccc45)cc3)cc21. The number of hydrogen-bond acceptors (Lipinski definition) is 1. The van der Waals surface area contributed by atoms with E-state index in [0.717, 1.165) is 22.7 Å². The van der Waals surface area contributed by atoms with Gasteiger partial charge in [-0.1, -0.05) is 190 Å². The van der Waals surface area contributed by atoms with Crippen LogP contribution in [0.5, 0.6) is 0 Å². The van der Waals surface area contributed by atoms with E-state index >= 15 is 0 Å². The first-order valence-electron chi connectivity index (χ1n) is 26.4. The summed E-state index contributed by atoms with van der Waals surface area (Å²) in [6, 6.07) is 101. The molecule has 358 valence electrons. The standard InChI is InChI=1S/C73H51N3/c1-73(2)67-46-53(52-34-44-72-66(45-52)65-22-10-13-26-71(65)75(72)54-17-4-3-5-18-54)33-42-61(67)62-43-41-58(47-68(62)73)74(56-39-31-51(32-40-56)60-23-14-16-50-15-6-7-19-59(50)60)55-35-27-48(28-36-55)49-29-37-57(38-30-49)76-69-24-11-8-20-63(69)64-21-9-12-25-70(64)76/h3-47H,1-2H3. The molecule has 3 nitrogen and oxygen atoms in total. The fraction of sp³-hybridized carbons (Fsp3) is 0.0411. The third-order valence-corrected chi connectivity index (χ3v) is 16.3. The Morgan fingerprint density at radius 2 is 0.711 bits per heavy atom. The summed E-state index contributed by atoms with van der Waals surface area (Å²) in [6.45, 7) is 4.79. The maximum absolute atomic E-state index is 2.45. The Morgan fingerprint density at radius 3 is 1.36 bits per heavy atom. The van der Waals surface area contributed by atoms with E-state index < -0.39 is 0 Å². The number of hydrogen-bond donors (Lipinski definition) is 0. The summed E-state index contributed by atoms with van der Waals surface area (Å²) < 4.78 is 4.77. The van der Waals surface area contributed by atoms with Crippen LogP contribution in [0.25, 0.3) is 110 Å². The van der Waals surface area contributed by atoms with Crippen LogP contribution in [0.3, 0.4) is 0 Å². The van der Waals surface area contributed by atoms with Crippen LogP contribution < -0.4 is 4.90 Å². The van der Waals surface area contributed by atoms with E-state index in [9.17, 15) is 0 Å². The van der Waals surface area contributed by atoms with Crippen molar-refractivity contribution in [3.63, 3.8) is 0 Å². The lowest BCUT2D eigenvalue weighted by molar-refractivity contribution is 0.660. The van der Waals surface area contributed by atoms with Gasteiger partial charge in [0.15, 0.2) is 0 Å². The Bertz CT molecular complexity index is 4520. The van der Waals surface area contributed by atoms with Gasteiger partial charge in [-0.25, -0.2) is 0 Å². The van der Waals surface area contributed by atoms with Crippen LogP contribution in [0.1, 0.15) is 25.0 Å². The van der Waals surface area contributed by atoms with Crippen molar-refractivity contribution < 1.29 is 0 Å². The quantitative estimate of drug-likeness (QED) is 0.148. The van der Waals surface area contributed by atoms with Crippen LogP contribution in [0, 0.1) is 0 Å². The summed E-state index contributed by atoms with van der Waals surface area (Å²) in [6.07, 6.45) is 0. The van der Waals surface area contributed by atoms with Gasteiger partial charge in [0.1, 0.15) is 0 Å². The second-order valence-electron chi connectivity index (χ2n) is 20.9. The lowest BCUT2D eigenvalue weighted by atomic mass is 9.81. The van der Waals surface area contributed by atoms with E-state index in [0.29, 0.717) is 0 Å². The van der Waals surface area contributed by atoms with Crippen molar-refractivity contribution in [3.8, 4) is 55.9 Å². The van der Waals surface area contributed by atoms with Crippen LogP contribution in [-0.4, -0.2) is 9.13 Å². The molecule has 0 aliphatic heterocycles. The zero-order chi connectivity index (χ0) is 50.5. The van der Waals surface area contributed by atoms with Crippen molar-refractivity contribution in [2.24, 2.45) is 0 Å². The van der Waals surface area contributed by atoms with Gasteiger partial charge in [-0.3, -0.25) is 0 Å². The van der Waals surface area contributed by atoms with E-state index in [1.165, 1.54) is 116 Å². The number of rotatable bonds is 8. The Hall–Kier alpha value is -9.70. The molecule has 2 heterocycles. The first-order valence-corrected chi connectivity index (χ1v) is 26.4. The van der Waals surface area contributed by atoms with Gasteiger partial charge in [0.2, 0.25) is 0 Å². The minimum absolute atomic E-state index is 0.247. The van der Waals surface area contributed by atoms with Crippen LogP contribution in [0.4, 0.5) is 17.1 Å². The topological polar surface area (TPSA) is 13.1 Å². The van der Waals surface area contributed by atoms with Crippen LogP contribution in [0.15, 0.2) is 273 Å². The van der Waals surface area contributed by atoms with Crippen LogP contribution >= 0.6 is 0 Å². The van der Waals surface area contributed by atoms with Gasteiger partial charge in [0, 0.05) is 55.4 Å². The van der Waals surface area contributed by atoms with Gasteiger partial charge >= 0.3 is 0 Å². The predicted molar refractivity (Wildman–Crippen MR) is 321 cm³/mol. The van der Waals surface area contributed by atoms with Gasteiger partial charge in [-0.2, -0.15) is 0 Å². The summed E-state index contributed by atoms with van der Waals surface area (Å²) >= 11 is 0. The summed E-state index contributed by atoms with van der Waals surface area (Å²) in [5.41, 5.74) is 22.8. The number of fused-ring (bicyclic) bond motifs is 10.